The van der Waals surface area contributed by atoms with Crippen LogP contribution in [0, 0.1) is 5.82 Å². The summed E-state index contributed by atoms with van der Waals surface area (Å²) in [6, 6.07) is 4.94. The molecule has 0 atom stereocenters. The van der Waals surface area contributed by atoms with E-state index in [1.54, 1.807) is 11.0 Å². The number of likely N-dealkylation sites (tertiary alicyclic amines) is 1. The van der Waals surface area contributed by atoms with E-state index in [1.165, 1.54) is 6.07 Å². The summed E-state index contributed by atoms with van der Waals surface area (Å²) < 4.78 is 13.9. The number of halogens is 1. The SMILES string of the molecule is CC(C)c1ccc(C(=O)N2CCCC2)c(F)c1. The average molecular weight is 235 g/mol. The van der Waals surface area contributed by atoms with E-state index in [1.807, 2.05) is 19.9 Å². The van der Waals surface area contributed by atoms with E-state index in [4.69, 9.17) is 0 Å². The highest BCUT2D eigenvalue weighted by atomic mass is 19.1. The normalized spacial score (nSPS) is 15.6. The van der Waals surface area contributed by atoms with Crippen LogP contribution in [-0.4, -0.2) is 23.9 Å². The van der Waals surface area contributed by atoms with Gasteiger partial charge in [0.25, 0.3) is 5.91 Å². The van der Waals surface area contributed by atoms with E-state index in [9.17, 15) is 9.18 Å². The first kappa shape index (κ1) is 12.1. The van der Waals surface area contributed by atoms with E-state index in [0.29, 0.717) is 0 Å². The summed E-state index contributed by atoms with van der Waals surface area (Å²) in [5, 5.41) is 0. The Bertz CT molecular complexity index is 422. The molecule has 0 spiro atoms. The van der Waals surface area contributed by atoms with E-state index < -0.39 is 5.82 Å². The lowest BCUT2D eigenvalue weighted by atomic mass is 10.0. The van der Waals surface area contributed by atoms with Gasteiger partial charge < -0.3 is 4.90 Å². The lowest BCUT2D eigenvalue weighted by molar-refractivity contribution is 0.0788. The number of benzene rings is 1. The summed E-state index contributed by atoms with van der Waals surface area (Å²) in [5.41, 5.74) is 1.14. The Morgan fingerprint density at radius 2 is 1.94 bits per heavy atom. The molecule has 3 heteroatoms. The van der Waals surface area contributed by atoms with Gasteiger partial charge in [-0.3, -0.25) is 4.79 Å². The fourth-order valence-corrected chi connectivity index (χ4v) is 2.15. The standard InChI is InChI=1S/C14H18FNO/c1-10(2)11-5-6-12(13(15)9-11)14(17)16-7-3-4-8-16/h5-6,9-10H,3-4,7-8H2,1-2H3. The van der Waals surface area contributed by atoms with Crippen LogP contribution in [0.5, 0.6) is 0 Å². The van der Waals surface area contributed by atoms with Crippen molar-refractivity contribution in [1.82, 2.24) is 4.90 Å². The quantitative estimate of drug-likeness (QED) is 0.771. The Balaban J connectivity index is 2.23. The maximum atomic E-state index is 13.9. The van der Waals surface area contributed by atoms with Crippen LogP contribution < -0.4 is 0 Å². The molecule has 1 fully saturated rings. The van der Waals surface area contributed by atoms with Gasteiger partial charge in [-0.2, -0.15) is 0 Å². The molecule has 1 aliphatic heterocycles. The molecule has 1 saturated heterocycles. The molecular formula is C14H18FNO. The molecule has 1 aromatic rings. The van der Waals surface area contributed by atoms with Gasteiger partial charge in [0, 0.05) is 13.1 Å². The van der Waals surface area contributed by atoms with Gasteiger partial charge in [-0.1, -0.05) is 19.9 Å². The summed E-state index contributed by atoms with van der Waals surface area (Å²) in [7, 11) is 0. The van der Waals surface area contributed by atoms with Crippen LogP contribution in [0.25, 0.3) is 0 Å². The molecule has 0 radical (unpaired) electrons. The third-order valence-corrected chi connectivity index (χ3v) is 3.28. The third-order valence-electron chi connectivity index (χ3n) is 3.28. The fraction of sp³-hybridized carbons (Fsp3) is 0.500. The maximum Gasteiger partial charge on any atom is 0.256 e. The zero-order chi connectivity index (χ0) is 12.4. The summed E-state index contributed by atoms with van der Waals surface area (Å²) in [6.45, 7) is 5.53. The number of nitrogens with zero attached hydrogens (tertiary/aromatic N) is 1. The van der Waals surface area contributed by atoms with E-state index in [0.717, 1.165) is 31.5 Å². The molecule has 0 N–H and O–H groups in total. The van der Waals surface area contributed by atoms with Crippen molar-refractivity contribution in [3.05, 3.63) is 35.1 Å². The summed E-state index contributed by atoms with van der Waals surface area (Å²) in [5.74, 6) is -0.288. The Labute approximate surface area is 101 Å². The van der Waals surface area contributed by atoms with Crippen LogP contribution in [0.2, 0.25) is 0 Å². The monoisotopic (exact) mass is 235 g/mol. The molecule has 2 nitrogen and oxygen atoms in total. The van der Waals surface area contributed by atoms with Gasteiger partial charge in [-0.05, 0) is 36.5 Å². The molecule has 1 amide bonds. The first-order valence-corrected chi connectivity index (χ1v) is 6.18. The van der Waals surface area contributed by atoms with Crippen molar-refractivity contribution >= 4 is 5.91 Å². The largest absolute Gasteiger partial charge is 0.339 e. The van der Waals surface area contributed by atoms with Crippen LogP contribution in [0.4, 0.5) is 4.39 Å². The molecule has 0 bridgehead atoms. The Kier molecular flexibility index (Phi) is 3.46. The number of hydrogen-bond acceptors (Lipinski definition) is 1. The molecule has 0 aromatic heterocycles. The topological polar surface area (TPSA) is 20.3 Å². The zero-order valence-corrected chi connectivity index (χ0v) is 10.4. The van der Waals surface area contributed by atoms with Crippen molar-refractivity contribution in [3.63, 3.8) is 0 Å². The second kappa shape index (κ2) is 4.86. The van der Waals surface area contributed by atoms with Gasteiger partial charge in [-0.25, -0.2) is 4.39 Å². The lowest BCUT2D eigenvalue weighted by Gasteiger charge is -2.16. The van der Waals surface area contributed by atoms with Gasteiger partial charge >= 0.3 is 0 Å². The molecule has 1 aromatic carbocycles. The Morgan fingerprint density at radius 1 is 1.29 bits per heavy atom. The number of amides is 1. The van der Waals surface area contributed by atoms with Crippen molar-refractivity contribution in [2.75, 3.05) is 13.1 Å². The first-order valence-electron chi connectivity index (χ1n) is 6.18. The lowest BCUT2D eigenvalue weighted by Crippen LogP contribution is -2.28. The summed E-state index contributed by atoms with van der Waals surface area (Å²) in [4.78, 5) is 13.8. The van der Waals surface area contributed by atoms with Crippen molar-refractivity contribution in [3.8, 4) is 0 Å². The van der Waals surface area contributed by atoms with Crippen molar-refractivity contribution in [2.45, 2.75) is 32.6 Å². The maximum absolute atomic E-state index is 13.9. The van der Waals surface area contributed by atoms with Crippen molar-refractivity contribution < 1.29 is 9.18 Å². The minimum Gasteiger partial charge on any atom is -0.339 e. The minimum atomic E-state index is -0.395. The Morgan fingerprint density at radius 3 is 2.47 bits per heavy atom. The molecule has 17 heavy (non-hydrogen) atoms. The number of carbonyl (C=O) groups is 1. The molecule has 0 unspecified atom stereocenters. The highest BCUT2D eigenvalue weighted by Gasteiger charge is 2.22. The second-order valence-electron chi connectivity index (χ2n) is 4.89. The molecular weight excluding hydrogens is 217 g/mol. The third kappa shape index (κ3) is 2.48. The number of hydrogen-bond donors (Lipinski definition) is 0. The minimum absolute atomic E-state index is 0.171. The van der Waals surface area contributed by atoms with Crippen molar-refractivity contribution in [2.24, 2.45) is 0 Å². The summed E-state index contributed by atoms with van der Waals surface area (Å²) in [6.07, 6.45) is 2.05. The molecule has 2 rings (SSSR count). The zero-order valence-electron chi connectivity index (χ0n) is 10.4. The molecule has 1 heterocycles. The van der Waals surface area contributed by atoms with Gasteiger partial charge in [-0.15, -0.1) is 0 Å². The average Bonchev–Trinajstić information content (AvgIpc) is 2.81. The predicted molar refractivity (Wildman–Crippen MR) is 65.6 cm³/mol. The van der Waals surface area contributed by atoms with E-state index in [-0.39, 0.29) is 17.4 Å². The van der Waals surface area contributed by atoms with Crippen LogP contribution in [-0.2, 0) is 0 Å². The van der Waals surface area contributed by atoms with Crippen molar-refractivity contribution in [1.29, 1.82) is 0 Å². The van der Waals surface area contributed by atoms with Gasteiger partial charge in [0.15, 0.2) is 0 Å². The van der Waals surface area contributed by atoms with E-state index in [2.05, 4.69) is 0 Å². The Hall–Kier alpha value is -1.38. The van der Waals surface area contributed by atoms with Crippen LogP contribution in [0.1, 0.15) is 48.5 Å². The second-order valence-corrected chi connectivity index (χ2v) is 4.89. The highest BCUT2D eigenvalue weighted by molar-refractivity contribution is 5.94. The van der Waals surface area contributed by atoms with Crippen LogP contribution in [0.3, 0.4) is 0 Å². The predicted octanol–water partition coefficient (Wildman–Crippen LogP) is 3.19. The number of carbonyl (C=O) groups excluding carboxylic acids is 1. The smallest absolute Gasteiger partial charge is 0.256 e. The molecule has 0 aliphatic carbocycles. The van der Waals surface area contributed by atoms with Crippen LogP contribution in [0.15, 0.2) is 18.2 Å². The molecule has 0 saturated carbocycles. The molecule has 92 valence electrons. The molecule has 1 aliphatic rings. The fourth-order valence-electron chi connectivity index (χ4n) is 2.15. The van der Waals surface area contributed by atoms with Gasteiger partial charge in [0.1, 0.15) is 5.82 Å². The summed E-state index contributed by atoms with van der Waals surface area (Å²) >= 11 is 0. The number of rotatable bonds is 2. The van der Waals surface area contributed by atoms with Gasteiger partial charge in [0.05, 0.1) is 5.56 Å². The van der Waals surface area contributed by atoms with Crippen LogP contribution >= 0.6 is 0 Å². The highest BCUT2D eigenvalue weighted by Crippen LogP contribution is 2.20. The van der Waals surface area contributed by atoms with E-state index >= 15 is 0 Å². The first-order chi connectivity index (χ1) is 8.09. The van der Waals surface area contributed by atoms with Gasteiger partial charge in [0.2, 0.25) is 0 Å².